The van der Waals surface area contributed by atoms with Crippen LogP contribution in [0.4, 0.5) is 0 Å². The van der Waals surface area contributed by atoms with Crippen molar-refractivity contribution in [3.05, 3.63) is 22.4 Å². The van der Waals surface area contributed by atoms with Crippen molar-refractivity contribution in [2.75, 3.05) is 6.54 Å². The smallest absolute Gasteiger partial charge is 0.240 e. The van der Waals surface area contributed by atoms with Gasteiger partial charge in [0, 0.05) is 4.88 Å². The monoisotopic (exact) mass is 266 g/mol. The molecule has 1 aromatic rings. The Labute approximate surface area is 113 Å². The number of hydrogen-bond acceptors (Lipinski definition) is 3. The Bertz CT molecular complexity index is 383. The molecule has 2 N–H and O–H groups in total. The summed E-state index contributed by atoms with van der Waals surface area (Å²) in [6.07, 6.45) is 4.10. The Morgan fingerprint density at radius 3 is 3.06 bits per heavy atom. The lowest BCUT2D eigenvalue weighted by Gasteiger charge is -2.26. The van der Waals surface area contributed by atoms with Crippen molar-refractivity contribution in [2.45, 2.75) is 51.1 Å². The van der Waals surface area contributed by atoms with Crippen LogP contribution in [-0.4, -0.2) is 18.0 Å². The molecule has 18 heavy (non-hydrogen) atoms. The van der Waals surface area contributed by atoms with Gasteiger partial charge in [-0.15, -0.1) is 11.3 Å². The zero-order valence-corrected chi connectivity index (χ0v) is 12.0. The van der Waals surface area contributed by atoms with Crippen molar-refractivity contribution < 1.29 is 4.79 Å². The molecule has 1 saturated heterocycles. The highest BCUT2D eigenvalue weighted by Crippen LogP contribution is 2.25. The third-order valence-electron chi connectivity index (χ3n) is 3.64. The third-order valence-corrected chi connectivity index (χ3v) is 4.63. The van der Waals surface area contributed by atoms with E-state index in [1.165, 1.54) is 4.88 Å². The van der Waals surface area contributed by atoms with Crippen LogP contribution in [0, 0.1) is 0 Å². The predicted octanol–water partition coefficient (Wildman–Crippen LogP) is 2.85. The number of carbonyl (C=O) groups excluding carboxylic acids is 1. The van der Waals surface area contributed by atoms with Crippen molar-refractivity contribution in [1.29, 1.82) is 0 Å². The van der Waals surface area contributed by atoms with Gasteiger partial charge < -0.3 is 10.6 Å². The molecule has 1 aromatic heterocycles. The van der Waals surface area contributed by atoms with Gasteiger partial charge in [-0.1, -0.05) is 19.4 Å². The molecule has 2 heterocycles. The molecule has 100 valence electrons. The first-order valence-corrected chi connectivity index (χ1v) is 7.63. The van der Waals surface area contributed by atoms with Gasteiger partial charge in [-0.2, -0.15) is 0 Å². The van der Waals surface area contributed by atoms with E-state index in [-0.39, 0.29) is 17.5 Å². The quantitative estimate of drug-likeness (QED) is 0.860. The Morgan fingerprint density at radius 2 is 2.50 bits per heavy atom. The number of thiophene rings is 1. The van der Waals surface area contributed by atoms with Crippen LogP contribution in [0.1, 0.15) is 50.4 Å². The minimum absolute atomic E-state index is 0.145. The lowest BCUT2D eigenvalue weighted by Crippen LogP contribution is -2.51. The van der Waals surface area contributed by atoms with Gasteiger partial charge in [0.15, 0.2) is 0 Å². The first-order valence-electron chi connectivity index (χ1n) is 6.75. The number of rotatable bonds is 5. The zero-order chi connectivity index (χ0) is 13.0. The molecule has 1 aliphatic heterocycles. The first kappa shape index (κ1) is 13.6. The summed E-state index contributed by atoms with van der Waals surface area (Å²) in [6, 6.07) is 4.32. The summed E-state index contributed by atoms with van der Waals surface area (Å²) in [4.78, 5) is 13.6. The number of hydrogen-bond donors (Lipinski definition) is 2. The minimum Gasteiger partial charge on any atom is -0.347 e. The van der Waals surface area contributed by atoms with E-state index in [4.69, 9.17) is 0 Å². The van der Waals surface area contributed by atoms with E-state index in [0.29, 0.717) is 0 Å². The van der Waals surface area contributed by atoms with Gasteiger partial charge in [0.05, 0.1) is 11.6 Å². The van der Waals surface area contributed by atoms with Crippen molar-refractivity contribution in [2.24, 2.45) is 0 Å². The highest BCUT2D eigenvalue weighted by atomic mass is 32.1. The first-order chi connectivity index (χ1) is 8.65. The Balaban J connectivity index is 2.03. The maximum Gasteiger partial charge on any atom is 0.240 e. The summed E-state index contributed by atoms with van der Waals surface area (Å²) in [5, 5.41) is 8.60. The number of carbonyl (C=O) groups is 1. The summed E-state index contributed by atoms with van der Waals surface area (Å²) in [7, 11) is 0. The van der Waals surface area contributed by atoms with Crippen LogP contribution in [0.2, 0.25) is 0 Å². The van der Waals surface area contributed by atoms with E-state index in [1.54, 1.807) is 11.3 Å². The molecule has 0 saturated carbocycles. The van der Waals surface area contributed by atoms with E-state index in [0.717, 1.165) is 32.2 Å². The normalized spacial score (nSPS) is 25.0. The van der Waals surface area contributed by atoms with Crippen molar-refractivity contribution in [3.8, 4) is 0 Å². The molecule has 0 bridgehead atoms. The molecule has 3 nitrogen and oxygen atoms in total. The highest BCUT2D eigenvalue weighted by molar-refractivity contribution is 7.10. The molecular weight excluding hydrogens is 244 g/mol. The van der Waals surface area contributed by atoms with Crippen molar-refractivity contribution in [1.82, 2.24) is 10.6 Å². The zero-order valence-electron chi connectivity index (χ0n) is 11.2. The van der Waals surface area contributed by atoms with Gasteiger partial charge >= 0.3 is 0 Å². The maximum atomic E-state index is 12.4. The Morgan fingerprint density at radius 1 is 1.67 bits per heavy atom. The topological polar surface area (TPSA) is 41.1 Å². The average molecular weight is 266 g/mol. The van der Waals surface area contributed by atoms with Crippen LogP contribution in [0.3, 0.4) is 0 Å². The Kier molecular flexibility index (Phi) is 4.40. The van der Waals surface area contributed by atoms with Crippen LogP contribution in [0.25, 0.3) is 0 Å². The standard InChI is InChI=1S/C14H22N2OS/c1-3-6-11(12-7-4-10-18-12)16-13(17)14(2)8-5-9-15-14/h4,7,10-11,15H,3,5-6,8-9H2,1-2H3,(H,16,17). The predicted molar refractivity (Wildman–Crippen MR) is 75.8 cm³/mol. The summed E-state index contributed by atoms with van der Waals surface area (Å²) >= 11 is 1.72. The fraction of sp³-hybridized carbons (Fsp3) is 0.643. The number of nitrogens with one attached hydrogen (secondary N) is 2. The summed E-state index contributed by atoms with van der Waals surface area (Å²) in [5.74, 6) is 0.145. The molecule has 2 rings (SSSR count). The summed E-state index contributed by atoms with van der Waals surface area (Å²) in [5.41, 5.74) is -0.372. The molecule has 0 aliphatic carbocycles. The van der Waals surface area contributed by atoms with Gasteiger partial charge in [0.1, 0.15) is 0 Å². The summed E-state index contributed by atoms with van der Waals surface area (Å²) < 4.78 is 0. The van der Waals surface area contributed by atoms with E-state index < -0.39 is 0 Å². The van der Waals surface area contributed by atoms with Gasteiger partial charge in [-0.05, 0) is 44.2 Å². The van der Waals surface area contributed by atoms with E-state index in [1.807, 2.05) is 13.0 Å². The molecule has 0 radical (unpaired) electrons. The van der Waals surface area contributed by atoms with Crippen LogP contribution < -0.4 is 10.6 Å². The Hall–Kier alpha value is -0.870. The molecule has 4 heteroatoms. The van der Waals surface area contributed by atoms with Crippen molar-refractivity contribution in [3.63, 3.8) is 0 Å². The molecule has 2 unspecified atom stereocenters. The molecule has 1 fully saturated rings. The molecule has 2 atom stereocenters. The second-order valence-corrected chi connectivity index (χ2v) is 6.17. The molecule has 0 aromatic carbocycles. The fourth-order valence-electron chi connectivity index (χ4n) is 2.47. The number of amides is 1. The van der Waals surface area contributed by atoms with Crippen molar-refractivity contribution >= 4 is 17.2 Å². The van der Waals surface area contributed by atoms with Gasteiger partial charge in [-0.3, -0.25) is 4.79 Å². The van der Waals surface area contributed by atoms with Crippen LogP contribution >= 0.6 is 11.3 Å². The van der Waals surface area contributed by atoms with Crippen LogP contribution in [0.5, 0.6) is 0 Å². The second-order valence-electron chi connectivity index (χ2n) is 5.19. The lowest BCUT2D eigenvalue weighted by atomic mass is 9.98. The SMILES string of the molecule is CCCC(NC(=O)C1(C)CCCN1)c1cccs1. The molecule has 0 spiro atoms. The van der Waals surface area contributed by atoms with Gasteiger partial charge in [0.2, 0.25) is 5.91 Å². The second kappa shape index (κ2) is 5.85. The molecular formula is C14H22N2OS. The van der Waals surface area contributed by atoms with E-state index >= 15 is 0 Å². The van der Waals surface area contributed by atoms with Crippen LogP contribution in [0.15, 0.2) is 17.5 Å². The maximum absolute atomic E-state index is 12.4. The van der Waals surface area contributed by atoms with E-state index in [2.05, 4.69) is 29.0 Å². The molecule has 1 aliphatic rings. The average Bonchev–Trinajstić information content (AvgIpc) is 2.99. The van der Waals surface area contributed by atoms with Gasteiger partial charge in [0.25, 0.3) is 0 Å². The van der Waals surface area contributed by atoms with Crippen LogP contribution in [-0.2, 0) is 4.79 Å². The molecule has 1 amide bonds. The van der Waals surface area contributed by atoms with Gasteiger partial charge in [-0.25, -0.2) is 0 Å². The fourth-order valence-corrected chi connectivity index (χ4v) is 3.28. The highest BCUT2D eigenvalue weighted by Gasteiger charge is 2.36. The minimum atomic E-state index is -0.372. The third kappa shape index (κ3) is 2.93. The summed E-state index contributed by atoms with van der Waals surface area (Å²) in [6.45, 7) is 5.11. The van der Waals surface area contributed by atoms with E-state index in [9.17, 15) is 4.79 Å². The largest absolute Gasteiger partial charge is 0.347 e. The lowest BCUT2D eigenvalue weighted by molar-refractivity contribution is -0.127.